The number of aliphatic imine (C=N–C) groups is 3. The van der Waals surface area contributed by atoms with E-state index < -0.39 is 143 Å². The zero-order valence-electron chi connectivity index (χ0n) is 54.4. The number of phosphoric acid groups is 1. The number of carbonyl (C=O) groups excluding carboxylic acids is 7. The van der Waals surface area contributed by atoms with Crippen molar-refractivity contribution in [2.45, 2.75) is 189 Å². The number of aliphatic hydroxyl groups is 2. The van der Waals surface area contributed by atoms with Gasteiger partial charge in [0, 0.05) is 114 Å². The van der Waals surface area contributed by atoms with Crippen molar-refractivity contribution in [3.8, 4) is 0 Å². The number of hydrogen-bond acceptors (Lipinski definition) is 19. The minimum Gasteiger partial charge on any atom is -0.756 e. The largest absolute Gasteiger partial charge is 3.00 e. The first kappa shape index (κ1) is 75.0. The molecule has 6 aliphatic heterocycles. The quantitative estimate of drug-likeness (QED) is 0.0481. The molecule has 0 saturated carbocycles. The molecule has 8 bridgehead atoms. The Morgan fingerprint density at radius 1 is 0.806 bits per heavy atom. The maximum Gasteiger partial charge on any atom is 3.00 e. The second-order valence-electron chi connectivity index (χ2n) is 27.0. The standard InChI is InChI=1S/C62H90N13O14P.CN.Co/c1-29-20-39-40(21-30(29)2)75(28-70-39)57-52(84)53(41(27-76)87-57)89-90(85,86)88-31(3)26-69-49(83)18-19-59(8)37(22-46(66)80)56-62(11)61(10,25-48(68)82)36(14-17-45(65)79)51(74-62)33(5)55-60(9,24-47(67)81)34(12-15-43(63)77)38(71-55)23-42-58(6,7)35(13-16-44(64)78)50(72-42)32(4)54(59)73-56;1-2;/h20-21,23,28,31,34-37,41,52-53,56-57,76,84H,12-19,22,24-27H2,1-11H3,(H15,63,64,65,66,67,68,69,71,72,73,74,77,78,79,80,81,82,83,85,86);;/q;-1;+3/p-2/t31?,34?,35?,36?,37?,41-,52-,53-,56?,57+,59?,60?,61?,62?;;/m1../s1. The normalized spacial score (nSPS) is 33.1. The first-order valence-corrected chi connectivity index (χ1v) is 32.2. The van der Waals surface area contributed by atoms with Gasteiger partial charge in [-0.2, -0.15) is 5.70 Å². The second kappa shape index (κ2) is 28.5. The monoisotopic (exact) mass is 1350 g/mol. The fourth-order valence-electron chi connectivity index (χ4n) is 15.3. The van der Waals surface area contributed by atoms with Crippen LogP contribution in [0.2, 0.25) is 0 Å². The molecule has 2 fully saturated rings. The van der Waals surface area contributed by atoms with Crippen molar-refractivity contribution in [3.05, 3.63) is 75.8 Å². The minimum absolute atomic E-state index is 0. The van der Waals surface area contributed by atoms with Crippen molar-refractivity contribution >= 4 is 77.3 Å². The van der Waals surface area contributed by atoms with Gasteiger partial charge in [-0.05, 0) is 118 Å². The summed E-state index contributed by atoms with van der Waals surface area (Å²) >= 11 is 0. The van der Waals surface area contributed by atoms with Gasteiger partial charge in [0.1, 0.15) is 18.3 Å². The topological polar surface area (TPSA) is 489 Å². The molecule has 508 valence electrons. The first-order chi connectivity index (χ1) is 42.8. The van der Waals surface area contributed by atoms with Crippen LogP contribution in [0.25, 0.3) is 16.4 Å². The maximum absolute atomic E-state index is 14.4. The third-order valence-electron chi connectivity index (χ3n) is 20.5. The average molecular weight is 1360 g/mol. The Morgan fingerprint density at radius 2 is 1.39 bits per heavy atom. The van der Waals surface area contributed by atoms with Gasteiger partial charge in [-0.3, -0.25) is 53.1 Å². The summed E-state index contributed by atoms with van der Waals surface area (Å²) in [5.74, 6) is -7.40. The Morgan fingerprint density at radius 3 is 1.96 bits per heavy atom. The molecular formula is C63H88CoN14O14P. The van der Waals surface area contributed by atoms with E-state index in [9.17, 15) is 53.2 Å². The summed E-state index contributed by atoms with van der Waals surface area (Å²) in [6.45, 7) is 23.7. The van der Waals surface area contributed by atoms with E-state index in [1.807, 2.05) is 80.5 Å². The fraction of sp³-hybridized carbons (Fsp3) is 0.619. The van der Waals surface area contributed by atoms with Crippen LogP contribution in [0.1, 0.15) is 150 Å². The van der Waals surface area contributed by atoms with Crippen LogP contribution in [-0.4, -0.2) is 127 Å². The molecule has 0 radical (unpaired) electrons. The number of ether oxygens (including phenoxy) is 1. The Hall–Kier alpha value is -7.00. The number of amides is 7. The molecule has 11 unspecified atom stereocenters. The van der Waals surface area contributed by atoms with Gasteiger partial charge in [-0.25, -0.2) is 4.98 Å². The number of benzene rings is 1. The van der Waals surface area contributed by atoms with Crippen molar-refractivity contribution in [1.29, 1.82) is 5.26 Å². The molecule has 93 heavy (non-hydrogen) atoms. The second-order valence-corrected chi connectivity index (χ2v) is 28.3. The summed E-state index contributed by atoms with van der Waals surface area (Å²) in [5.41, 5.74) is 36.7. The van der Waals surface area contributed by atoms with E-state index in [2.05, 4.69) is 10.3 Å². The number of imidazole rings is 1. The Labute approximate surface area is 551 Å². The van der Waals surface area contributed by atoms with E-state index in [4.69, 9.17) is 80.3 Å². The molecule has 7 heterocycles. The van der Waals surface area contributed by atoms with Crippen molar-refractivity contribution in [2.24, 2.45) is 94.7 Å². The summed E-state index contributed by atoms with van der Waals surface area (Å²) in [7, 11) is -5.32. The van der Waals surface area contributed by atoms with Crippen LogP contribution in [0.3, 0.4) is 0 Å². The summed E-state index contributed by atoms with van der Waals surface area (Å²) in [6, 6.07) is 2.65. The molecule has 15 atom stereocenters. The van der Waals surface area contributed by atoms with Crippen molar-refractivity contribution in [1.82, 2.24) is 14.9 Å². The van der Waals surface area contributed by atoms with E-state index in [0.29, 0.717) is 56.4 Å². The molecule has 0 aliphatic carbocycles. The summed E-state index contributed by atoms with van der Waals surface area (Å²) in [5, 5.41) is 36.4. The number of nitrogens with two attached hydrogens (primary N) is 6. The van der Waals surface area contributed by atoms with E-state index >= 15 is 0 Å². The Balaban J connectivity index is 0.00000453. The van der Waals surface area contributed by atoms with E-state index in [1.165, 1.54) is 17.8 Å². The summed E-state index contributed by atoms with van der Waals surface area (Å²) < 4.78 is 31.9. The van der Waals surface area contributed by atoms with Gasteiger partial charge in [-0.1, -0.05) is 47.1 Å². The van der Waals surface area contributed by atoms with Crippen molar-refractivity contribution in [2.75, 3.05) is 13.2 Å². The number of aliphatic hydroxyl groups excluding tert-OH is 2. The van der Waals surface area contributed by atoms with Crippen LogP contribution in [0.4, 0.5) is 0 Å². The maximum atomic E-state index is 14.4. The number of aryl methyl sites for hydroxylation is 2. The molecule has 30 heteroatoms. The first-order valence-electron chi connectivity index (χ1n) is 30.7. The molecule has 2 aromatic rings. The van der Waals surface area contributed by atoms with Crippen molar-refractivity contribution < 1.29 is 83.8 Å². The third-order valence-corrected chi connectivity index (χ3v) is 21.6. The molecule has 1 aromatic heterocycles. The van der Waals surface area contributed by atoms with Crippen LogP contribution in [0.15, 0.2) is 67.8 Å². The number of phosphoric ester groups is 1. The molecule has 15 N–H and O–H groups in total. The minimum atomic E-state index is -5.32. The van der Waals surface area contributed by atoms with Crippen LogP contribution in [0.5, 0.6) is 0 Å². The zero-order chi connectivity index (χ0) is 68.7. The Kier molecular flexibility index (Phi) is 23.0. The van der Waals surface area contributed by atoms with E-state index in [-0.39, 0.29) is 94.0 Å². The smallest absolute Gasteiger partial charge is 0.756 e. The number of aromatic nitrogens is 2. The number of rotatable bonds is 26. The molecule has 0 spiro atoms. The molecule has 2 saturated heterocycles. The van der Waals surface area contributed by atoms with E-state index in [1.54, 1.807) is 6.92 Å². The zero-order valence-corrected chi connectivity index (χ0v) is 56.4. The van der Waals surface area contributed by atoms with E-state index in [0.717, 1.165) is 11.1 Å². The number of nitrogens with one attached hydrogen (secondary N) is 1. The number of hydrogen-bond donors (Lipinski definition) is 9. The average Bonchev–Trinajstić information content (AvgIpc) is 1.53. The predicted octanol–water partition coefficient (Wildman–Crippen LogP) is 3.41. The van der Waals surface area contributed by atoms with Crippen molar-refractivity contribution in [3.63, 3.8) is 0 Å². The van der Waals surface area contributed by atoms with Crippen LogP contribution < -0.4 is 44.6 Å². The fourth-order valence-corrected chi connectivity index (χ4v) is 16.4. The SMILES string of the molecule is C/C1=C2N=C(/C=C3N=C(/C(C)=C4\[N-]C(C)(C5N=C1C(C)(CCC(=O)NCC(C)OP(=O)([O-])O[C@H]1[C@@H](O)[C@@H](n6cnc7cc(C)c(C)cc76)O[C@@H]1CO)C5CC(N)=O)C(C)(CC(N)=O)C4CCC(N)=O)C(C)(CC(N)=O)C\3CCC(N)=O)C(C)(C)C/2CCC(N)=O.[C-]#N.[Co+3]. The number of nitrogens with zero attached hydrogens (tertiary/aromatic N) is 7. The molecular weight excluding hydrogens is 1270 g/mol. The molecule has 28 nitrogen and oxygen atoms in total. The summed E-state index contributed by atoms with van der Waals surface area (Å²) in [6.07, 6.45) is -4.79. The number of fused-ring (bicyclic) bond motifs is 7. The molecule has 7 amide bonds. The van der Waals surface area contributed by atoms with Gasteiger partial charge in [0.25, 0.3) is 7.82 Å². The number of primary amides is 6. The van der Waals surface area contributed by atoms with Crippen LogP contribution in [0, 0.1) is 71.0 Å². The predicted molar refractivity (Wildman–Crippen MR) is 337 cm³/mol. The van der Waals surface area contributed by atoms with Crippen LogP contribution >= 0.6 is 7.82 Å². The summed E-state index contributed by atoms with van der Waals surface area (Å²) in [4.78, 5) is 128. The number of carbonyl (C=O) groups is 7. The van der Waals surface area contributed by atoms with Gasteiger partial charge in [-0.15, -0.1) is 0 Å². The van der Waals surface area contributed by atoms with Gasteiger partial charge < -0.3 is 90.3 Å². The molecule has 6 aliphatic rings. The van der Waals surface area contributed by atoms with Crippen LogP contribution in [-0.2, 0) is 68.7 Å². The van der Waals surface area contributed by atoms with Gasteiger partial charge in [0.2, 0.25) is 41.4 Å². The molecule has 1 aromatic carbocycles. The van der Waals surface area contributed by atoms with Gasteiger partial charge in [0.05, 0.1) is 30.1 Å². The van der Waals surface area contributed by atoms with Gasteiger partial charge >= 0.3 is 16.8 Å². The third kappa shape index (κ3) is 14.6. The van der Waals surface area contributed by atoms with Gasteiger partial charge in [0.15, 0.2) is 6.23 Å². The Bertz CT molecular complexity index is 3600. The molecule has 8 rings (SSSR count). The number of allylic oxidation sites excluding steroid dienone is 6.